The smallest absolute Gasteiger partial charge is 0.115 e. The topological polar surface area (TPSA) is 57.2 Å². The molecule has 0 spiro atoms. The minimum absolute atomic E-state index is 0.344. The molecular weight excluding hydrogens is 416 g/mol. The van der Waals surface area contributed by atoms with Crippen molar-refractivity contribution in [2.75, 3.05) is 6.61 Å². The summed E-state index contributed by atoms with van der Waals surface area (Å²) in [7, 11) is 0. The average Bonchev–Trinajstić information content (AvgIpc) is 2.86. The molecule has 0 bridgehead atoms. The monoisotopic (exact) mass is 448 g/mol. The quantitative estimate of drug-likeness (QED) is 0.494. The Balaban J connectivity index is 1.46. The van der Waals surface area contributed by atoms with Gasteiger partial charge < -0.3 is 24.1 Å². The van der Waals surface area contributed by atoms with Crippen molar-refractivity contribution >= 4 is 0 Å². The van der Waals surface area contributed by atoms with Crippen LogP contribution in [0.4, 0.5) is 0 Å². The van der Waals surface area contributed by atoms with Gasteiger partial charge in [-0.05, 0) is 23.6 Å². The fourth-order valence-corrected chi connectivity index (χ4v) is 4.04. The summed E-state index contributed by atoms with van der Waals surface area (Å²) < 4.78 is 24.7. The zero-order valence-electron chi connectivity index (χ0n) is 19.0. The van der Waals surface area contributed by atoms with Crippen molar-refractivity contribution < 1.29 is 24.1 Å². The minimum Gasteiger partial charge on any atom is -0.388 e. The second-order valence-corrected chi connectivity index (χ2v) is 8.39. The number of aliphatic hydroxyl groups excluding tert-OH is 1. The first kappa shape index (κ1) is 23.6. The Kier molecular flexibility index (Phi) is 8.64. The zero-order valence-corrected chi connectivity index (χ0v) is 19.0. The summed E-state index contributed by atoms with van der Waals surface area (Å²) in [4.78, 5) is 0. The molecule has 5 heteroatoms. The highest BCUT2D eigenvalue weighted by atomic mass is 16.6. The summed E-state index contributed by atoms with van der Waals surface area (Å²) in [6.45, 7) is 3.48. The van der Waals surface area contributed by atoms with Gasteiger partial charge in [0.25, 0.3) is 0 Å². The van der Waals surface area contributed by atoms with Crippen molar-refractivity contribution in [1.29, 1.82) is 0 Å². The Morgan fingerprint density at radius 3 is 1.64 bits per heavy atom. The van der Waals surface area contributed by atoms with Crippen LogP contribution in [-0.4, -0.2) is 42.2 Å². The van der Waals surface area contributed by atoms with Gasteiger partial charge in [0.1, 0.15) is 24.4 Å². The van der Waals surface area contributed by atoms with Gasteiger partial charge in [0, 0.05) is 0 Å². The first-order chi connectivity index (χ1) is 16.2. The molecule has 0 aliphatic carbocycles. The van der Waals surface area contributed by atoms with Crippen molar-refractivity contribution in [3.8, 4) is 0 Å². The van der Waals surface area contributed by atoms with E-state index in [1.54, 1.807) is 0 Å². The third-order valence-corrected chi connectivity index (χ3v) is 5.86. The van der Waals surface area contributed by atoms with Crippen LogP contribution in [0.5, 0.6) is 0 Å². The molecular formula is C28H32O5. The number of hydrogen-bond donors (Lipinski definition) is 1. The van der Waals surface area contributed by atoms with Crippen molar-refractivity contribution in [1.82, 2.24) is 0 Å². The van der Waals surface area contributed by atoms with Crippen LogP contribution in [0.15, 0.2) is 91.0 Å². The highest BCUT2D eigenvalue weighted by Gasteiger charge is 2.45. The van der Waals surface area contributed by atoms with Gasteiger partial charge in [-0.1, -0.05) is 91.0 Å². The summed E-state index contributed by atoms with van der Waals surface area (Å²) >= 11 is 0. The van der Waals surface area contributed by atoms with Crippen LogP contribution in [0.2, 0.25) is 0 Å². The maximum absolute atomic E-state index is 10.9. The lowest BCUT2D eigenvalue weighted by molar-refractivity contribution is -0.257. The van der Waals surface area contributed by atoms with Crippen LogP contribution >= 0.6 is 0 Å². The summed E-state index contributed by atoms with van der Waals surface area (Å²) in [5, 5.41) is 10.9. The molecule has 1 aliphatic heterocycles. The maximum Gasteiger partial charge on any atom is 0.115 e. The third kappa shape index (κ3) is 6.73. The van der Waals surface area contributed by atoms with Gasteiger partial charge >= 0.3 is 0 Å². The minimum atomic E-state index is -0.806. The van der Waals surface area contributed by atoms with Crippen molar-refractivity contribution in [2.45, 2.75) is 57.3 Å². The summed E-state index contributed by atoms with van der Waals surface area (Å²) in [5.41, 5.74) is 3.19. The highest BCUT2D eigenvalue weighted by molar-refractivity contribution is 5.15. The predicted molar refractivity (Wildman–Crippen MR) is 126 cm³/mol. The molecule has 3 unspecified atom stereocenters. The lowest BCUT2D eigenvalue weighted by Gasteiger charge is -2.43. The largest absolute Gasteiger partial charge is 0.388 e. The predicted octanol–water partition coefficient (Wildman–Crippen LogP) is 4.52. The van der Waals surface area contributed by atoms with Crippen molar-refractivity contribution in [3.63, 3.8) is 0 Å². The van der Waals surface area contributed by atoms with E-state index in [1.165, 1.54) is 0 Å². The molecule has 174 valence electrons. The van der Waals surface area contributed by atoms with E-state index in [1.807, 2.05) is 97.9 Å². The number of rotatable bonds is 10. The van der Waals surface area contributed by atoms with E-state index in [4.69, 9.17) is 18.9 Å². The molecule has 0 aromatic heterocycles. The van der Waals surface area contributed by atoms with Gasteiger partial charge in [-0.2, -0.15) is 0 Å². The molecule has 0 amide bonds. The second kappa shape index (κ2) is 12.1. The Labute approximate surface area is 195 Å². The van der Waals surface area contributed by atoms with E-state index in [-0.39, 0.29) is 6.10 Å². The maximum atomic E-state index is 10.9. The van der Waals surface area contributed by atoms with E-state index in [2.05, 4.69) is 0 Å². The fraction of sp³-hybridized carbons (Fsp3) is 0.357. The Morgan fingerprint density at radius 1 is 0.667 bits per heavy atom. The van der Waals surface area contributed by atoms with Crippen LogP contribution in [0.25, 0.3) is 0 Å². The molecule has 4 rings (SSSR count). The van der Waals surface area contributed by atoms with Crippen molar-refractivity contribution in [2.24, 2.45) is 0 Å². The van der Waals surface area contributed by atoms with Crippen LogP contribution in [0.3, 0.4) is 0 Å². The summed E-state index contributed by atoms with van der Waals surface area (Å²) in [5.74, 6) is 0. The van der Waals surface area contributed by atoms with Gasteiger partial charge in [-0.25, -0.2) is 0 Å². The molecule has 3 aromatic rings. The SMILES string of the molecule is CC1OC(COCc2ccccc2)[C@H](OCc2ccccc2)[C@@H](OCc2ccccc2)C1O. The van der Waals surface area contributed by atoms with Gasteiger partial charge in [0.15, 0.2) is 0 Å². The zero-order chi connectivity index (χ0) is 22.9. The Hall–Kier alpha value is -2.54. The fourth-order valence-electron chi connectivity index (χ4n) is 4.04. The molecule has 1 heterocycles. The number of ether oxygens (including phenoxy) is 4. The lowest BCUT2D eigenvalue weighted by atomic mass is 9.95. The van der Waals surface area contributed by atoms with E-state index in [0.717, 1.165) is 16.7 Å². The van der Waals surface area contributed by atoms with Crippen LogP contribution in [0, 0.1) is 0 Å². The first-order valence-electron chi connectivity index (χ1n) is 11.5. The van der Waals surface area contributed by atoms with Crippen LogP contribution in [-0.2, 0) is 38.8 Å². The van der Waals surface area contributed by atoms with Gasteiger partial charge in [0.2, 0.25) is 0 Å². The second-order valence-electron chi connectivity index (χ2n) is 8.39. The Bertz CT molecular complexity index is 934. The van der Waals surface area contributed by atoms with Crippen LogP contribution < -0.4 is 0 Å². The molecule has 1 fully saturated rings. The molecule has 0 saturated carbocycles. The summed E-state index contributed by atoms with van der Waals surface area (Å²) in [6.07, 6.45) is -2.58. The molecule has 1 N–H and O–H groups in total. The van der Waals surface area contributed by atoms with Gasteiger partial charge in [-0.15, -0.1) is 0 Å². The number of hydrogen-bond acceptors (Lipinski definition) is 5. The van der Waals surface area contributed by atoms with Gasteiger partial charge in [0.05, 0.1) is 32.5 Å². The molecule has 3 aromatic carbocycles. The van der Waals surface area contributed by atoms with E-state index in [0.29, 0.717) is 26.4 Å². The molecule has 1 saturated heterocycles. The molecule has 5 atom stereocenters. The normalized spacial score (nSPS) is 25.1. The lowest BCUT2D eigenvalue weighted by Crippen LogP contribution is -2.59. The summed E-state index contributed by atoms with van der Waals surface area (Å²) in [6, 6.07) is 30.0. The highest BCUT2D eigenvalue weighted by Crippen LogP contribution is 2.28. The third-order valence-electron chi connectivity index (χ3n) is 5.86. The van der Waals surface area contributed by atoms with Crippen LogP contribution in [0.1, 0.15) is 23.6 Å². The molecule has 1 aliphatic rings. The van der Waals surface area contributed by atoms with E-state index >= 15 is 0 Å². The molecule has 33 heavy (non-hydrogen) atoms. The van der Waals surface area contributed by atoms with E-state index in [9.17, 15) is 5.11 Å². The van der Waals surface area contributed by atoms with Gasteiger partial charge in [-0.3, -0.25) is 0 Å². The molecule has 5 nitrogen and oxygen atoms in total. The number of benzene rings is 3. The van der Waals surface area contributed by atoms with E-state index < -0.39 is 24.4 Å². The first-order valence-corrected chi connectivity index (χ1v) is 11.5. The Morgan fingerprint density at radius 2 is 1.12 bits per heavy atom. The molecule has 0 radical (unpaired) electrons. The van der Waals surface area contributed by atoms with Crippen molar-refractivity contribution in [3.05, 3.63) is 108 Å². The number of aliphatic hydroxyl groups is 1. The standard InChI is InChI=1S/C28H32O5/c1-21-26(29)28(32-19-24-15-9-4-10-16-24)27(31-18-23-13-7-3-8-14-23)25(33-21)20-30-17-22-11-5-2-6-12-22/h2-16,21,25-29H,17-20H2,1H3/t21?,25?,26?,27-,28-/m0/s1. The average molecular weight is 449 g/mol.